The first-order valence-electron chi connectivity index (χ1n) is 13.9. The molecule has 41 heavy (non-hydrogen) atoms. The van der Waals surface area contributed by atoms with Crippen LogP contribution in [0.25, 0.3) is 11.1 Å². The van der Waals surface area contributed by atoms with Crippen LogP contribution in [0.1, 0.15) is 46.0 Å². The zero-order valence-corrected chi connectivity index (χ0v) is 24.2. The predicted octanol–water partition coefficient (Wildman–Crippen LogP) is 6.81. The lowest BCUT2D eigenvalue weighted by Gasteiger charge is -2.35. The van der Waals surface area contributed by atoms with Crippen LogP contribution in [0.15, 0.2) is 108 Å². The van der Waals surface area contributed by atoms with Crippen molar-refractivity contribution in [2.24, 2.45) is 5.92 Å². The van der Waals surface area contributed by atoms with E-state index in [1.807, 2.05) is 67.6 Å². The summed E-state index contributed by atoms with van der Waals surface area (Å²) in [4.78, 5) is 12.9. The second-order valence-electron chi connectivity index (χ2n) is 10.4. The van der Waals surface area contributed by atoms with Crippen LogP contribution in [0.4, 0.5) is 0 Å². The van der Waals surface area contributed by atoms with Crippen molar-refractivity contribution in [3.05, 3.63) is 125 Å². The molecule has 0 aromatic heterocycles. The highest BCUT2D eigenvalue weighted by atomic mass is 32.2. The van der Waals surface area contributed by atoms with E-state index in [0.717, 1.165) is 27.8 Å². The molecule has 0 radical (unpaired) electrons. The molecule has 4 aromatic carbocycles. The summed E-state index contributed by atoms with van der Waals surface area (Å²) in [5, 5.41) is 0. The molecule has 5 rings (SSSR count). The molecule has 1 atom stereocenters. The largest absolute Gasteiger partial charge is 0.465 e. The minimum Gasteiger partial charge on any atom is -0.465 e. The van der Waals surface area contributed by atoms with Crippen LogP contribution in [0, 0.1) is 12.8 Å². The Hall–Kier alpha value is -3.78. The van der Waals surface area contributed by atoms with Crippen LogP contribution in [-0.4, -0.2) is 38.9 Å². The Morgan fingerprint density at radius 1 is 0.854 bits per heavy atom. The van der Waals surface area contributed by atoms with Crippen LogP contribution in [-0.2, 0) is 26.1 Å². The molecule has 0 saturated carbocycles. The van der Waals surface area contributed by atoms with E-state index in [1.165, 1.54) is 7.11 Å². The quantitative estimate of drug-likeness (QED) is 0.207. The van der Waals surface area contributed by atoms with Crippen molar-refractivity contribution in [3.8, 4) is 11.1 Å². The number of sulfonamides is 1. The van der Waals surface area contributed by atoms with E-state index in [2.05, 4.69) is 12.1 Å². The van der Waals surface area contributed by atoms with Gasteiger partial charge in [0, 0.05) is 13.1 Å². The van der Waals surface area contributed by atoms with Gasteiger partial charge in [-0.2, -0.15) is 4.31 Å². The van der Waals surface area contributed by atoms with E-state index in [9.17, 15) is 13.2 Å². The number of hydrogen-bond acceptors (Lipinski definition) is 5. The monoisotopic (exact) mass is 569 g/mol. The number of esters is 1. The maximum atomic E-state index is 13.2. The van der Waals surface area contributed by atoms with Crippen molar-refractivity contribution in [1.29, 1.82) is 0 Å². The van der Waals surface area contributed by atoms with Gasteiger partial charge in [-0.15, -0.1) is 0 Å². The molecule has 0 spiro atoms. The lowest BCUT2D eigenvalue weighted by Crippen LogP contribution is -2.40. The maximum absolute atomic E-state index is 13.2. The van der Waals surface area contributed by atoms with Gasteiger partial charge in [0.25, 0.3) is 0 Å². The van der Waals surface area contributed by atoms with E-state index < -0.39 is 10.0 Å². The van der Waals surface area contributed by atoms with Crippen LogP contribution < -0.4 is 0 Å². The number of rotatable bonds is 9. The smallest absolute Gasteiger partial charge is 0.338 e. The first kappa shape index (κ1) is 28.7. The van der Waals surface area contributed by atoms with Gasteiger partial charge in [-0.05, 0) is 77.8 Å². The number of methoxy groups -OCH3 is 1. The Balaban J connectivity index is 1.36. The minimum absolute atomic E-state index is 0.157. The van der Waals surface area contributed by atoms with Crippen LogP contribution in [0.5, 0.6) is 0 Å². The van der Waals surface area contributed by atoms with Crippen molar-refractivity contribution < 1.29 is 22.7 Å². The molecule has 7 heteroatoms. The highest BCUT2D eigenvalue weighted by Gasteiger charge is 2.33. The molecular weight excluding hydrogens is 534 g/mol. The molecule has 0 N–H and O–H groups in total. The molecule has 1 aliphatic heterocycles. The van der Waals surface area contributed by atoms with Gasteiger partial charge in [-0.1, -0.05) is 78.9 Å². The summed E-state index contributed by atoms with van der Waals surface area (Å²) in [5.74, 6) is -0.222. The number of nitrogens with zero attached hydrogens (tertiary/aromatic N) is 1. The van der Waals surface area contributed by atoms with Crippen molar-refractivity contribution in [2.75, 3.05) is 20.2 Å². The average molecular weight is 570 g/mol. The summed E-state index contributed by atoms with van der Waals surface area (Å²) < 4.78 is 39.6. The molecule has 6 nitrogen and oxygen atoms in total. The van der Waals surface area contributed by atoms with Crippen molar-refractivity contribution in [1.82, 2.24) is 4.31 Å². The number of piperidine rings is 1. The van der Waals surface area contributed by atoms with Gasteiger partial charge in [0.15, 0.2) is 0 Å². The average Bonchev–Trinajstić information content (AvgIpc) is 3.02. The van der Waals surface area contributed by atoms with E-state index >= 15 is 0 Å². The van der Waals surface area contributed by atoms with Gasteiger partial charge in [-0.25, -0.2) is 13.2 Å². The standard InChI is InChI=1S/C34H35NO5S/c1-25-11-9-10-16-30(25)32-23-26(17-18-31(32)34(36)39-2)24-40-33(27-12-5-3-6-13-27)28-19-21-35(22-20-28)41(37,38)29-14-7-4-8-15-29/h3-18,23,28,33H,19-22,24H2,1-2H3. The molecule has 212 valence electrons. The van der Waals surface area contributed by atoms with Gasteiger partial charge in [0.05, 0.1) is 30.3 Å². The van der Waals surface area contributed by atoms with E-state index in [4.69, 9.17) is 9.47 Å². The zero-order chi connectivity index (χ0) is 28.8. The van der Waals surface area contributed by atoms with E-state index in [-0.39, 0.29) is 18.0 Å². The summed E-state index contributed by atoms with van der Waals surface area (Å²) in [6, 6.07) is 32.4. The molecular formula is C34H35NO5S. The fraction of sp³-hybridized carbons (Fsp3) is 0.265. The van der Waals surface area contributed by atoms with Gasteiger partial charge in [-0.3, -0.25) is 0 Å². The molecule has 0 aliphatic carbocycles. The number of aryl methyl sites for hydroxylation is 1. The molecule has 0 amide bonds. The number of carbonyl (C=O) groups is 1. The van der Waals surface area contributed by atoms with Gasteiger partial charge in [0.1, 0.15) is 0 Å². The number of benzene rings is 4. The van der Waals surface area contributed by atoms with Crippen molar-refractivity contribution >= 4 is 16.0 Å². The first-order valence-corrected chi connectivity index (χ1v) is 15.3. The molecule has 1 unspecified atom stereocenters. The fourth-order valence-electron chi connectivity index (χ4n) is 5.56. The zero-order valence-electron chi connectivity index (χ0n) is 23.4. The van der Waals surface area contributed by atoms with Crippen molar-refractivity contribution in [2.45, 2.75) is 37.4 Å². The summed E-state index contributed by atoms with van der Waals surface area (Å²) in [6.45, 7) is 3.26. The molecule has 4 aromatic rings. The van der Waals surface area contributed by atoms with E-state index in [1.54, 1.807) is 34.6 Å². The SMILES string of the molecule is COC(=O)c1ccc(COC(c2ccccc2)C2CCN(S(=O)(=O)c3ccccc3)CC2)cc1-c1ccccc1C. The molecule has 1 fully saturated rings. The normalized spacial score (nSPS) is 15.4. The van der Waals surface area contributed by atoms with Crippen molar-refractivity contribution in [3.63, 3.8) is 0 Å². The highest BCUT2D eigenvalue weighted by molar-refractivity contribution is 7.89. The Bertz CT molecular complexity index is 1580. The lowest BCUT2D eigenvalue weighted by atomic mass is 9.88. The van der Waals surface area contributed by atoms with Crippen LogP contribution in [0.2, 0.25) is 0 Å². The molecule has 1 saturated heterocycles. The molecule has 1 heterocycles. The third-order valence-corrected chi connectivity index (χ3v) is 9.70. The summed E-state index contributed by atoms with van der Waals surface area (Å²) in [5.41, 5.74) is 5.38. The Morgan fingerprint density at radius 3 is 2.15 bits per heavy atom. The van der Waals surface area contributed by atoms with Gasteiger partial charge < -0.3 is 9.47 Å². The maximum Gasteiger partial charge on any atom is 0.338 e. The Kier molecular flexibility index (Phi) is 8.98. The topological polar surface area (TPSA) is 72.9 Å². The highest BCUT2D eigenvalue weighted by Crippen LogP contribution is 2.36. The Morgan fingerprint density at radius 2 is 1.49 bits per heavy atom. The molecule has 0 bridgehead atoms. The minimum atomic E-state index is -3.52. The summed E-state index contributed by atoms with van der Waals surface area (Å²) >= 11 is 0. The summed E-state index contributed by atoms with van der Waals surface area (Å²) in [7, 11) is -2.13. The second kappa shape index (κ2) is 12.8. The van der Waals surface area contributed by atoms with Crippen LogP contribution >= 0.6 is 0 Å². The Labute approximate surface area is 242 Å². The first-order chi connectivity index (χ1) is 19.9. The number of hydrogen-bond donors (Lipinski definition) is 0. The fourth-order valence-corrected chi connectivity index (χ4v) is 7.05. The third kappa shape index (κ3) is 6.43. The van der Waals surface area contributed by atoms with Crippen LogP contribution in [0.3, 0.4) is 0 Å². The number of ether oxygens (including phenoxy) is 2. The molecule has 1 aliphatic rings. The van der Waals surface area contributed by atoms with E-state index in [0.29, 0.717) is 43.0 Å². The third-order valence-electron chi connectivity index (χ3n) is 7.79. The predicted molar refractivity (Wildman–Crippen MR) is 160 cm³/mol. The van der Waals surface area contributed by atoms with Gasteiger partial charge >= 0.3 is 5.97 Å². The van der Waals surface area contributed by atoms with Gasteiger partial charge in [0.2, 0.25) is 10.0 Å². The second-order valence-corrected chi connectivity index (χ2v) is 12.3. The number of carbonyl (C=O) groups excluding carboxylic acids is 1. The summed E-state index contributed by atoms with van der Waals surface area (Å²) in [6.07, 6.45) is 1.20. The lowest BCUT2D eigenvalue weighted by molar-refractivity contribution is -0.0153.